The minimum Gasteiger partial charge on any atom is -0.350 e. The average Bonchev–Trinajstić information content (AvgIpc) is 2.71. The highest BCUT2D eigenvalue weighted by molar-refractivity contribution is 5.88. The Kier molecular flexibility index (Phi) is 8.82. The van der Waals surface area contributed by atoms with Crippen molar-refractivity contribution in [3.63, 3.8) is 0 Å². The second kappa shape index (κ2) is 11.0. The van der Waals surface area contributed by atoms with Crippen LogP contribution in [0.25, 0.3) is 0 Å². The first-order valence-corrected chi connectivity index (χ1v) is 11.8. The van der Waals surface area contributed by atoms with Gasteiger partial charge in [0.05, 0.1) is 0 Å². The molecule has 0 unspecified atom stereocenters. The second-order valence-electron chi connectivity index (χ2n) is 10.8. The molecule has 180 valence electrons. The number of rotatable bonds is 8. The molecule has 0 saturated carbocycles. The third-order valence-corrected chi connectivity index (χ3v) is 5.60. The second-order valence-corrected chi connectivity index (χ2v) is 10.8. The van der Waals surface area contributed by atoms with E-state index in [1.54, 1.807) is 17.0 Å². The minimum atomic E-state index is -0.593. The molecule has 0 aliphatic carbocycles. The molecule has 2 rings (SSSR count). The maximum Gasteiger partial charge on any atom is 0.243 e. The van der Waals surface area contributed by atoms with Crippen LogP contribution in [0.4, 0.5) is 4.39 Å². The molecule has 0 bridgehead atoms. The first kappa shape index (κ1) is 26.6. The van der Waals surface area contributed by atoms with Crippen LogP contribution in [0.15, 0.2) is 48.5 Å². The van der Waals surface area contributed by atoms with Crippen molar-refractivity contribution in [2.45, 2.75) is 91.3 Å². The lowest BCUT2D eigenvalue weighted by Crippen LogP contribution is -2.53. The lowest BCUT2D eigenvalue weighted by molar-refractivity contribution is -0.142. The van der Waals surface area contributed by atoms with Gasteiger partial charge in [-0.15, -0.1) is 0 Å². The molecular formula is C28H39FN2O2. The van der Waals surface area contributed by atoms with E-state index in [0.29, 0.717) is 19.3 Å². The zero-order valence-electron chi connectivity index (χ0n) is 21.2. The number of nitrogens with zero attached hydrogens (tertiary/aromatic N) is 1. The number of amides is 2. The van der Waals surface area contributed by atoms with E-state index in [1.807, 2.05) is 27.7 Å². The van der Waals surface area contributed by atoms with Crippen molar-refractivity contribution in [1.82, 2.24) is 10.2 Å². The van der Waals surface area contributed by atoms with Gasteiger partial charge >= 0.3 is 0 Å². The van der Waals surface area contributed by atoms with Gasteiger partial charge in [-0.3, -0.25) is 9.59 Å². The maximum absolute atomic E-state index is 13.4. The molecule has 0 heterocycles. The molecule has 2 amide bonds. The highest BCUT2D eigenvalue weighted by Crippen LogP contribution is 2.23. The van der Waals surface area contributed by atoms with Gasteiger partial charge in [0.2, 0.25) is 11.8 Å². The summed E-state index contributed by atoms with van der Waals surface area (Å²) in [6, 6.07) is 13.9. The molecule has 1 N–H and O–H groups in total. The Morgan fingerprint density at radius 2 is 1.45 bits per heavy atom. The van der Waals surface area contributed by atoms with E-state index >= 15 is 0 Å². The molecule has 0 spiro atoms. The fourth-order valence-electron chi connectivity index (χ4n) is 3.73. The molecule has 0 saturated heterocycles. The molecule has 2 aromatic carbocycles. The van der Waals surface area contributed by atoms with E-state index in [2.05, 4.69) is 50.4 Å². The van der Waals surface area contributed by atoms with Gasteiger partial charge in [0, 0.05) is 18.5 Å². The lowest BCUT2D eigenvalue weighted by atomic mass is 9.86. The van der Waals surface area contributed by atoms with E-state index < -0.39 is 11.6 Å². The summed E-state index contributed by atoms with van der Waals surface area (Å²) in [4.78, 5) is 28.0. The molecule has 0 radical (unpaired) electrons. The normalized spacial score (nSPS) is 12.8. The van der Waals surface area contributed by atoms with Gasteiger partial charge < -0.3 is 10.2 Å². The van der Waals surface area contributed by atoms with Crippen molar-refractivity contribution >= 4 is 11.8 Å². The smallest absolute Gasteiger partial charge is 0.243 e. The number of carbonyl (C=O) groups excluding carboxylic acids is 2. The molecule has 0 fully saturated rings. The summed E-state index contributed by atoms with van der Waals surface area (Å²) in [5.41, 5.74) is 2.81. The van der Waals surface area contributed by atoms with E-state index in [0.717, 1.165) is 11.1 Å². The Hall–Kier alpha value is -2.69. The van der Waals surface area contributed by atoms with Gasteiger partial charge in [-0.05, 0) is 67.9 Å². The highest BCUT2D eigenvalue weighted by Gasteiger charge is 2.30. The third kappa shape index (κ3) is 8.30. The lowest BCUT2D eigenvalue weighted by Gasteiger charge is -2.33. The molecular weight excluding hydrogens is 415 g/mol. The van der Waals surface area contributed by atoms with E-state index in [9.17, 15) is 14.0 Å². The third-order valence-electron chi connectivity index (χ3n) is 5.60. The number of hydrogen-bond acceptors (Lipinski definition) is 2. The van der Waals surface area contributed by atoms with Crippen LogP contribution in [0, 0.1) is 5.82 Å². The fourth-order valence-corrected chi connectivity index (χ4v) is 3.73. The van der Waals surface area contributed by atoms with Gasteiger partial charge in [0.15, 0.2) is 0 Å². The van der Waals surface area contributed by atoms with Crippen molar-refractivity contribution in [2.24, 2.45) is 0 Å². The van der Waals surface area contributed by atoms with Crippen molar-refractivity contribution in [3.8, 4) is 0 Å². The predicted octanol–water partition coefficient (Wildman–Crippen LogP) is 5.78. The topological polar surface area (TPSA) is 49.4 Å². The molecule has 4 nitrogen and oxygen atoms in total. The standard InChI is InChI=1S/C28H39FN2O2/c1-8-24(26(33)30-28(5,6)7)31(19-21-11-16-23(29)17-12-21)25(32)18-13-20-9-14-22(15-10-20)27(2,3)4/h9-12,14-17,24H,8,13,18-19H2,1-7H3,(H,30,33)/t24-/m1/s1. The van der Waals surface area contributed by atoms with Crippen molar-refractivity contribution < 1.29 is 14.0 Å². The number of hydrogen-bond donors (Lipinski definition) is 1. The van der Waals surface area contributed by atoms with E-state index in [1.165, 1.54) is 17.7 Å². The molecule has 33 heavy (non-hydrogen) atoms. The molecule has 0 aliphatic rings. The monoisotopic (exact) mass is 454 g/mol. The van der Waals surface area contributed by atoms with Crippen LogP contribution in [0.3, 0.4) is 0 Å². The van der Waals surface area contributed by atoms with Gasteiger partial charge in [0.1, 0.15) is 11.9 Å². The molecule has 2 aromatic rings. The van der Waals surface area contributed by atoms with Gasteiger partial charge in [-0.25, -0.2) is 4.39 Å². The number of benzene rings is 2. The van der Waals surface area contributed by atoms with Gasteiger partial charge in [-0.1, -0.05) is 64.1 Å². The van der Waals surface area contributed by atoms with Crippen LogP contribution in [-0.4, -0.2) is 28.3 Å². The molecule has 0 aliphatic heterocycles. The summed E-state index contributed by atoms with van der Waals surface area (Å²) < 4.78 is 13.4. The highest BCUT2D eigenvalue weighted by atomic mass is 19.1. The summed E-state index contributed by atoms with van der Waals surface area (Å²) in [6.07, 6.45) is 1.39. The minimum absolute atomic E-state index is 0.0784. The molecule has 5 heteroatoms. The molecule has 1 atom stereocenters. The van der Waals surface area contributed by atoms with Crippen LogP contribution in [0.2, 0.25) is 0 Å². The summed E-state index contributed by atoms with van der Waals surface area (Å²) >= 11 is 0. The Labute approximate surface area is 198 Å². The first-order valence-electron chi connectivity index (χ1n) is 11.8. The molecule has 0 aromatic heterocycles. The van der Waals surface area contributed by atoms with E-state index in [4.69, 9.17) is 0 Å². The van der Waals surface area contributed by atoms with E-state index in [-0.39, 0.29) is 29.6 Å². The Morgan fingerprint density at radius 1 is 0.909 bits per heavy atom. The summed E-state index contributed by atoms with van der Waals surface area (Å²) in [6.45, 7) is 14.5. The summed E-state index contributed by atoms with van der Waals surface area (Å²) in [5.74, 6) is -0.585. The average molecular weight is 455 g/mol. The Morgan fingerprint density at radius 3 is 1.94 bits per heavy atom. The van der Waals surface area contributed by atoms with Crippen LogP contribution in [0.5, 0.6) is 0 Å². The zero-order valence-corrected chi connectivity index (χ0v) is 21.2. The van der Waals surface area contributed by atoms with Crippen molar-refractivity contribution in [3.05, 3.63) is 71.0 Å². The van der Waals surface area contributed by atoms with Gasteiger partial charge in [0.25, 0.3) is 0 Å². The number of aryl methyl sites for hydroxylation is 1. The number of carbonyl (C=O) groups is 2. The fraction of sp³-hybridized carbons (Fsp3) is 0.500. The van der Waals surface area contributed by atoms with Gasteiger partial charge in [-0.2, -0.15) is 0 Å². The van der Waals surface area contributed by atoms with Crippen LogP contribution in [0.1, 0.15) is 78.0 Å². The summed E-state index contributed by atoms with van der Waals surface area (Å²) in [7, 11) is 0. The van der Waals surface area contributed by atoms with Crippen LogP contribution >= 0.6 is 0 Å². The zero-order chi connectivity index (χ0) is 24.8. The van der Waals surface area contributed by atoms with Crippen molar-refractivity contribution in [1.29, 1.82) is 0 Å². The van der Waals surface area contributed by atoms with Crippen LogP contribution < -0.4 is 5.32 Å². The van der Waals surface area contributed by atoms with Crippen molar-refractivity contribution in [2.75, 3.05) is 0 Å². The Balaban J connectivity index is 2.20. The van der Waals surface area contributed by atoms with Crippen LogP contribution in [-0.2, 0) is 28.0 Å². The number of halogens is 1. The SMILES string of the molecule is CC[C@H](C(=O)NC(C)(C)C)N(Cc1ccc(F)cc1)C(=O)CCc1ccc(C(C)(C)C)cc1. The predicted molar refractivity (Wildman–Crippen MR) is 132 cm³/mol. The summed E-state index contributed by atoms with van der Waals surface area (Å²) in [5, 5.41) is 3.00. The largest absolute Gasteiger partial charge is 0.350 e. The number of nitrogens with one attached hydrogen (secondary N) is 1. The quantitative estimate of drug-likeness (QED) is 0.550. The first-order chi connectivity index (χ1) is 15.3. The Bertz CT molecular complexity index is 922. The maximum atomic E-state index is 13.4.